The molecule has 0 aliphatic carbocycles. The van der Waals surface area contributed by atoms with Gasteiger partial charge in [0.05, 0.1) is 12.2 Å². The van der Waals surface area contributed by atoms with E-state index in [0.29, 0.717) is 23.7 Å². The van der Waals surface area contributed by atoms with E-state index in [1.165, 1.54) is 6.07 Å². The molecule has 22 heavy (non-hydrogen) atoms. The minimum absolute atomic E-state index is 0.0291. The Morgan fingerprint density at radius 3 is 2.82 bits per heavy atom. The first kappa shape index (κ1) is 15.6. The third-order valence-electron chi connectivity index (χ3n) is 2.80. The van der Waals surface area contributed by atoms with Crippen molar-refractivity contribution in [3.63, 3.8) is 0 Å². The van der Waals surface area contributed by atoms with E-state index in [-0.39, 0.29) is 12.5 Å². The van der Waals surface area contributed by atoms with Gasteiger partial charge in [-0.15, -0.1) is 0 Å². The second-order valence-electron chi connectivity index (χ2n) is 4.51. The van der Waals surface area contributed by atoms with Crippen molar-refractivity contribution < 1.29 is 13.9 Å². The molecule has 0 saturated heterocycles. The molecule has 2 rings (SSSR count). The third kappa shape index (κ3) is 4.63. The highest BCUT2D eigenvalue weighted by atomic mass is 19.1. The van der Waals surface area contributed by atoms with Crippen LogP contribution in [0, 0.1) is 5.82 Å². The molecule has 0 bridgehead atoms. The first-order chi connectivity index (χ1) is 10.7. The second kappa shape index (κ2) is 7.83. The zero-order valence-corrected chi connectivity index (χ0v) is 12.0. The number of hydrogen-bond acceptors (Lipinski definition) is 3. The number of benzene rings is 2. The molecule has 2 N–H and O–H groups in total. The normalized spacial score (nSPS) is 9.86. The summed E-state index contributed by atoms with van der Waals surface area (Å²) in [5.74, 6) is -0.0287. The molecule has 114 valence electrons. The Morgan fingerprint density at radius 1 is 1.23 bits per heavy atom. The summed E-state index contributed by atoms with van der Waals surface area (Å²) in [6.45, 7) is 3.94. The smallest absolute Gasteiger partial charge is 0.243 e. The quantitative estimate of drug-likeness (QED) is 0.770. The van der Waals surface area contributed by atoms with Crippen LogP contribution in [0.15, 0.2) is 61.2 Å². The van der Waals surface area contributed by atoms with Crippen LogP contribution in [0.1, 0.15) is 0 Å². The number of nitrogens with one attached hydrogen (secondary N) is 2. The fraction of sp³-hybridized carbons (Fsp3) is 0.118. The van der Waals surface area contributed by atoms with E-state index in [1.54, 1.807) is 48.5 Å². The summed E-state index contributed by atoms with van der Waals surface area (Å²) >= 11 is 0. The lowest BCUT2D eigenvalue weighted by molar-refractivity contribution is -0.114. The molecule has 0 heterocycles. The number of ether oxygens (including phenoxy) is 1. The van der Waals surface area contributed by atoms with Gasteiger partial charge in [0.25, 0.3) is 0 Å². The lowest BCUT2D eigenvalue weighted by atomic mass is 10.3. The first-order valence-corrected chi connectivity index (χ1v) is 6.81. The average molecular weight is 300 g/mol. The van der Waals surface area contributed by atoms with E-state index in [0.717, 1.165) is 0 Å². The maximum absolute atomic E-state index is 13.4. The van der Waals surface area contributed by atoms with Crippen molar-refractivity contribution in [1.29, 1.82) is 0 Å². The Labute approximate surface area is 128 Å². The molecule has 0 aliphatic rings. The Kier molecular flexibility index (Phi) is 5.54. The lowest BCUT2D eigenvalue weighted by Crippen LogP contribution is -2.22. The van der Waals surface area contributed by atoms with Crippen molar-refractivity contribution in [1.82, 2.24) is 0 Å². The summed E-state index contributed by atoms with van der Waals surface area (Å²) in [6, 6.07) is 13.2. The van der Waals surface area contributed by atoms with Gasteiger partial charge in [0.1, 0.15) is 18.2 Å². The summed E-state index contributed by atoms with van der Waals surface area (Å²) in [6.07, 6.45) is 1.64. The van der Waals surface area contributed by atoms with Gasteiger partial charge in [0.15, 0.2) is 0 Å². The molecule has 2 aromatic rings. The molecule has 0 aromatic heterocycles. The minimum Gasteiger partial charge on any atom is -0.489 e. The summed E-state index contributed by atoms with van der Waals surface area (Å²) in [5.41, 5.74) is 0.905. The Bertz CT molecular complexity index is 659. The van der Waals surface area contributed by atoms with Gasteiger partial charge < -0.3 is 15.4 Å². The zero-order chi connectivity index (χ0) is 15.8. The SMILES string of the molecule is C=CCOc1cccc(NC(=O)CNc2ccccc2F)c1. The molecule has 0 saturated carbocycles. The number of para-hydroxylation sites is 1. The molecule has 2 aromatic carbocycles. The summed E-state index contributed by atoms with van der Waals surface area (Å²) in [4.78, 5) is 11.9. The summed E-state index contributed by atoms with van der Waals surface area (Å²) in [7, 11) is 0. The predicted molar refractivity (Wildman–Crippen MR) is 85.7 cm³/mol. The largest absolute Gasteiger partial charge is 0.489 e. The van der Waals surface area contributed by atoms with Gasteiger partial charge in [-0.2, -0.15) is 0 Å². The van der Waals surface area contributed by atoms with Crippen molar-refractivity contribution in [2.45, 2.75) is 0 Å². The van der Waals surface area contributed by atoms with Gasteiger partial charge >= 0.3 is 0 Å². The van der Waals surface area contributed by atoms with Gasteiger partial charge in [0.2, 0.25) is 5.91 Å². The summed E-state index contributed by atoms with van der Waals surface area (Å²) in [5, 5.41) is 5.47. The molecular formula is C17H17FN2O2. The van der Waals surface area contributed by atoms with Crippen LogP contribution in [0.3, 0.4) is 0 Å². The number of anilines is 2. The van der Waals surface area contributed by atoms with Crippen LogP contribution in [0.25, 0.3) is 0 Å². The Hall–Kier alpha value is -2.82. The van der Waals surface area contributed by atoms with Gasteiger partial charge in [0, 0.05) is 11.8 Å². The predicted octanol–water partition coefficient (Wildman–Crippen LogP) is 3.44. The summed E-state index contributed by atoms with van der Waals surface area (Å²) < 4.78 is 18.8. The number of rotatable bonds is 7. The van der Waals surface area contributed by atoms with Gasteiger partial charge in [-0.3, -0.25) is 4.79 Å². The Morgan fingerprint density at radius 2 is 2.05 bits per heavy atom. The number of carbonyl (C=O) groups is 1. The molecule has 4 nitrogen and oxygen atoms in total. The first-order valence-electron chi connectivity index (χ1n) is 6.81. The minimum atomic E-state index is -0.393. The standard InChI is InChI=1S/C17H17FN2O2/c1-2-10-22-14-7-5-6-13(11-14)20-17(21)12-19-16-9-4-3-8-15(16)18/h2-9,11,19H,1,10,12H2,(H,20,21). The van der Waals surface area contributed by atoms with Crippen LogP contribution in [0.5, 0.6) is 5.75 Å². The third-order valence-corrected chi connectivity index (χ3v) is 2.80. The van der Waals surface area contributed by atoms with Crippen LogP contribution in [-0.2, 0) is 4.79 Å². The molecule has 0 spiro atoms. The van der Waals surface area contributed by atoms with Crippen LogP contribution in [0.2, 0.25) is 0 Å². The van der Waals surface area contributed by atoms with Crippen molar-refractivity contribution in [3.05, 3.63) is 67.0 Å². The molecule has 0 radical (unpaired) electrons. The topological polar surface area (TPSA) is 50.4 Å². The van der Waals surface area contributed by atoms with Crippen LogP contribution >= 0.6 is 0 Å². The average Bonchev–Trinajstić information content (AvgIpc) is 2.52. The molecule has 0 atom stereocenters. The molecule has 1 amide bonds. The molecule has 0 unspecified atom stereocenters. The van der Waals surface area contributed by atoms with Crippen molar-refractivity contribution in [2.24, 2.45) is 0 Å². The van der Waals surface area contributed by atoms with Crippen LogP contribution < -0.4 is 15.4 Å². The highest BCUT2D eigenvalue weighted by Crippen LogP contribution is 2.17. The van der Waals surface area contributed by atoms with Gasteiger partial charge in [-0.1, -0.05) is 30.9 Å². The fourth-order valence-corrected chi connectivity index (χ4v) is 1.80. The van der Waals surface area contributed by atoms with Crippen LogP contribution in [0.4, 0.5) is 15.8 Å². The monoisotopic (exact) mass is 300 g/mol. The van der Waals surface area contributed by atoms with Gasteiger partial charge in [-0.05, 0) is 24.3 Å². The molecule has 0 aliphatic heterocycles. The molecular weight excluding hydrogens is 283 g/mol. The number of carbonyl (C=O) groups excluding carboxylic acids is 1. The highest BCUT2D eigenvalue weighted by Gasteiger charge is 2.05. The number of hydrogen-bond donors (Lipinski definition) is 2. The Balaban J connectivity index is 1.89. The van der Waals surface area contributed by atoms with E-state index >= 15 is 0 Å². The van der Waals surface area contributed by atoms with E-state index in [2.05, 4.69) is 17.2 Å². The van der Waals surface area contributed by atoms with Crippen molar-refractivity contribution >= 4 is 17.3 Å². The fourth-order valence-electron chi connectivity index (χ4n) is 1.80. The molecule has 0 fully saturated rings. The maximum atomic E-state index is 13.4. The van der Waals surface area contributed by atoms with Crippen molar-refractivity contribution in [3.8, 4) is 5.75 Å². The van der Waals surface area contributed by atoms with E-state index < -0.39 is 5.82 Å². The van der Waals surface area contributed by atoms with E-state index in [9.17, 15) is 9.18 Å². The number of amides is 1. The van der Waals surface area contributed by atoms with E-state index in [1.807, 2.05) is 0 Å². The second-order valence-corrected chi connectivity index (χ2v) is 4.51. The maximum Gasteiger partial charge on any atom is 0.243 e. The molecule has 5 heteroatoms. The lowest BCUT2D eigenvalue weighted by Gasteiger charge is -2.10. The van der Waals surface area contributed by atoms with Crippen LogP contribution in [-0.4, -0.2) is 19.1 Å². The van der Waals surface area contributed by atoms with Gasteiger partial charge in [-0.25, -0.2) is 4.39 Å². The number of halogens is 1. The van der Waals surface area contributed by atoms with E-state index in [4.69, 9.17) is 4.74 Å². The highest BCUT2D eigenvalue weighted by molar-refractivity contribution is 5.93. The van der Waals surface area contributed by atoms with Crippen molar-refractivity contribution in [2.75, 3.05) is 23.8 Å². The zero-order valence-electron chi connectivity index (χ0n) is 12.0.